The van der Waals surface area contributed by atoms with E-state index in [2.05, 4.69) is 32.6 Å². The maximum Gasteiger partial charge on any atom is 0.221 e. The fourth-order valence-electron chi connectivity index (χ4n) is 1.55. The summed E-state index contributed by atoms with van der Waals surface area (Å²) in [7, 11) is 0. The minimum absolute atomic E-state index is 0.133. The van der Waals surface area contributed by atoms with Gasteiger partial charge in [0.05, 0.1) is 14.5 Å². The van der Waals surface area contributed by atoms with Gasteiger partial charge in [0.25, 0.3) is 0 Å². The van der Waals surface area contributed by atoms with Gasteiger partial charge in [0.15, 0.2) is 0 Å². The molecule has 3 nitrogen and oxygen atoms in total. The number of rotatable bonds is 4. The largest absolute Gasteiger partial charge is 0.380 e. The van der Waals surface area contributed by atoms with E-state index in [1.54, 1.807) is 23.5 Å². The molecular weight excluding hydrogens is 348 g/mol. The molecule has 0 aliphatic heterocycles. The average Bonchev–Trinajstić information content (AvgIpc) is 2.75. The minimum Gasteiger partial charge on any atom is -0.380 e. The van der Waals surface area contributed by atoms with Gasteiger partial charge in [-0.2, -0.15) is 0 Å². The molecule has 0 bridgehead atoms. The Balaban J connectivity index is 2.01. The van der Waals surface area contributed by atoms with Gasteiger partial charge in [-0.3, -0.25) is 4.79 Å². The molecule has 0 unspecified atom stereocenters. The lowest BCUT2D eigenvalue weighted by molar-refractivity contribution is -0.114. The Bertz CT molecular complexity index is 600. The lowest BCUT2D eigenvalue weighted by Gasteiger charge is -2.09. The van der Waals surface area contributed by atoms with Gasteiger partial charge in [-0.05, 0) is 46.3 Å². The quantitative estimate of drug-likeness (QED) is 0.828. The first-order chi connectivity index (χ1) is 9.04. The lowest BCUT2D eigenvalue weighted by Crippen LogP contribution is -2.06. The molecule has 19 heavy (non-hydrogen) atoms. The topological polar surface area (TPSA) is 41.1 Å². The first kappa shape index (κ1) is 14.4. The molecule has 0 atom stereocenters. The van der Waals surface area contributed by atoms with E-state index in [0.29, 0.717) is 10.7 Å². The maximum absolute atomic E-state index is 11.0. The fraction of sp³-hybridized carbons (Fsp3) is 0.154. The highest BCUT2D eigenvalue weighted by molar-refractivity contribution is 9.11. The Morgan fingerprint density at radius 1 is 1.37 bits per heavy atom. The van der Waals surface area contributed by atoms with Crippen LogP contribution in [0.3, 0.4) is 0 Å². The number of halogens is 2. The van der Waals surface area contributed by atoms with Crippen molar-refractivity contribution in [1.29, 1.82) is 0 Å². The van der Waals surface area contributed by atoms with E-state index in [1.807, 2.05) is 12.1 Å². The van der Waals surface area contributed by atoms with Crippen LogP contribution in [0.2, 0.25) is 5.02 Å². The highest BCUT2D eigenvalue weighted by Gasteiger charge is 2.04. The second kappa shape index (κ2) is 6.41. The zero-order valence-corrected chi connectivity index (χ0v) is 13.3. The Labute approximate surface area is 129 Å². The third kappa shape index (κ3) is 4.23. The van der Waals surface area contributed by atoms with Crippen molar-refractivity contribution in [2.75, 3.05) is 10.6 Å². The molecule has 1 heterocycles. The molecule has 0 spiro atoms. The van der Waals surface area contributed by atoms with Crippen LogP contribution in [-0.4, -0.2) is 5.91 Å². The van der Waals surface area contributed by atoms with Crippen LogP contribution in [-0.2, 0) is 11.3 Å². The molecule has 0 aliphatic carbocycles. The van der Waals surface area contributed by atoms with E-state index in [4.69, 9.17) is 11.6 Å². The molecule has 2 rings (SSSR count). The number of hydrogen-bond donors (Lipinski definition) is 2. The van der Waals surface area contributed by atoms with Crippen molar-refractivity contribution in [3.05, 3.63) is 44.0 Å². The zero-order chi connectivity index (χ0) is 13.8. The van der Waals surface area contributed by atoms with Crippen LogP contribution < -0.4 is 10.6 Å². The van der Waals surface area contributed by atoms with Crippen molar-refractivity contribution in [1.82, 2.24) is 0 Å². The molecule has 2 aromatic rings. The summed E-state index contributed by atoms with van der Waals surface area (Å²) in [5.74, 6) is -0.133. The van der Waals surface area contributed by atoms with Gasteiger partial charge in [-0.25, -0.2) is 0 Å². The van der Waals surface area contributed by atoms with Crippen LogP contribution in [0.25, 0.3) is 0 Å². The van der Waals surface area contributed by atoms with Crippen molar-refractivity contribution in [3.63, 3.8) is 0 Å². The van der Waals surface area contributed by atoms with E-state index >= 15 is 0 Å². The SMILES string of the molecule is CC(=O)Nc1ccc(NCc2ccc(Br)s2)cc1Cl. The third-order valence-electron chi connectivity index (χ3n) is 2.38. The Hall–Kier alpha value is -1.04. The lowest BCUT2D eigenvalue weighted by atomic mass is 10.2. The van der Waals surface area contributed by atoms with Crippen molar-refractivity contribution in [2.45, 2.75) is 13.5 Å². The van der Waals surface area contributed by atoms with Crippen LogP contribution in [0.15, 0.2) is 34.1 Å². The van der Waals surface area contributed by atoms with E-state index in [0.717, 1.165) is 16.0 Å². The van der Waals surface area contributed by atoms with Crippen molar-refractivity contribution in [2.24, 2.45) is 0 Å². The van der Waals surface area contributed by atoms with Gasteiger partial charge in [0.1, 0.15) is 0 Å². The molecule has 2 N–H and O–H groups in total. The van der Waals surface area contributed by atoms with Crippen LogP contribution in [0.1, 0.15) is 11.8 Å². The Morgan fingerprint density at radius 3 is 2.74 bits per heavy atom. The number of carbonyl (C=O) groups is 1. The number of nitrogens with one attached hydrogen (secondary N) is 2. The van der Waals surface area contributed by atoms with Crippen LogP contribution in [0.5, 0.6) is 0 Å². The van der Waals surface area contributed by atoms with Crippen molar-refractivity contribution < 1.29 is 4.79 Å². The van der Waals surface area contributed by atoms with Gasteiger partial charge < -0.3 is 10.6 Å². The highest BCUT2D eigenvalue weighted by atomic mass is 79.9. The molecule has 1 aromatic heterocycles. The van der Waals surface area contributed by atoms with Gasteiger partial charge in [-0.15, -0.1) is 11.3 Å². The van der Waals surface area contributed by atoms with Crippen molar-refractivity contribution in [3.8, 4) is 0 Å². The minimum atomic E-state index is -0.133. The summed E-state index contributed by atoms with van der Waals surface area (Å²) >= 11 is 11.2. The molecule has 1 aromatic carbocycles. The molecular formula is C13H12BrClN2OS. The number of hydrogen-bond acceptors (Lipinski definition) is 3. The number of anilines is 2. The van der Waals surface area contributed by atoms with E-state index < -0.39 is 0 Å². The molecule has 100 valence electrons. The summed E-state index contributed by atoms with van der Waals surface area (Å²) in [5, 5.41) is 6.48. The number of carbonyl (C=O) groups excluding carboxylic acids is 1. The van der Waals surface area contributed by atoms with E-state index in [-0.39, 0.29) is 5.91 Å². The summed E-state index contributed by atoms with van der Waals surface area (Å²) in [4.78, 5) is 12.2. The second-order valence-corrected chi connectivity index (χ2v) is 6.89. The zero-order valence-electron chi connectivity index (χ0n) is 10.2. The normalized spacial score (nSPS) is 10.3. The first-order valence-electron chi connectivity index (χ1n) is 5.60. The molecule has 0 saturated carbocycles. The molecule has 0 radical (unpaired) electrons. The third-order valence-corrected chi connectivity index (χ3v) is 4.31. The predicted octanol–water partition coefficient (Wildman–Crippen LogP) is 4.73. The van der Waals surface area contributed by atoms with Crippen LogP contribution in [0.4, 0.5) is 11.4 Å². The molecule has 1 amide bonds. The van der Waals surface area contributed by atoms with E-state index in [9.17, 15) is 4.79 Å². The number of thiophene rings is 1. The van der Waals surface area contributed by atoms with Crippen LogP contribution in [0, 0.1) is 0 Å². The summed E-state index contributed by atoms with van der Waals surface area (Å²) in [6, 6.07) is 9.56. The first-order valence-corrected chi connectivity index (χ1v) is 7.58. The average molecular weight is 360 g/mol. The smallest absolute Gasteiger partial charge is 0.221 e. The van der Waals surface area contributed by atoms with Gasteiger partial charge in [-0.1, -0.05) is 11.6 Å². The Kier molecular flexibility index (Phi) is 4.85. The van der Waals surface area contributed by atoms with Gasteiger partial charge in [0.2, 0.25) is 5.91 Å². The number of benzene rings is 1. The van der Waals surface area contributed by atoms with Gasteiger partial charge >= 0.3 is 0 Å². The monoisotopic (exact) mass is 358 g/mol. The summed E-state index contributed by atoms with van der Waals surface area (Å²) in [5.41, 5.74) is 1.54. The number of amides is 1. The Morgan fingerprint density at radius 2 is 2.16 bits per heavy atom. The van der Waals surface area contributed by atoms with E-state index in [1.165, 1.54) is 11.8 Å². The summed E-state index contributed by atoms with van der Waals surface area (Å²) < 4.78 is 1.11. The standard InChI is InChI=1S/C13H12BrClN2OS/c1-8(18)17-12-4-2-9(6-11(12)15)16-7-10-3-5-13(14)19-10/h2-6,16H,7H2,1H3,(H,17,18). The molecule has 6 heteroatoms. The molecule has 0 aliphatic rings. The van der Waals surface area contributed by atoms with Crippen LogP contribution >= 0.6 is 38.9 Å². The van der Waals surface area contributed by atoms with Crippen molar-refractivity contribution >= 4 is 56.1 Å². The van der Waals surface area contributed by atoms with Gasteiger partial charge in [0, 0.05) is 24.0 Å². The summed E-state index contributed by atoms with van der Waals surface area (Å²) in [6.45, 7) is 2.20. The maximum atomic E-state index is 11.0. The highest BCUT2D eigenvalue weighted by Crippen LogP contribution is 2.27. The summed E-state index contributed by atoms with van der Waals surface area (Å²) in [6.07, 6.45) is 0. The predicted molar refractivity (Wildman–Crippen MR) is 85.1 cm³/mol. The fourth-order valence-corrected chi connectivity index (χ4v) is 3.20. The second-order valence-electron chi connectivity index (χ2n) is 3.94. The molecule has 0 saturated heterocycles. The molecule has 0 fully saturated rings.